The third kappa shape index (κ3) is 3.68. The fraction of sp³-hybridized carbons (Fsp3) is 0.640. The van der Waals surface area contributed by atoms with Crippen molar-refractivity contribution in [1.82, 2.24) is 29.7 Å². The van der Waals surface area contributed by atoms with E-state index in [9.17, 15) is 8.78 Å². The van der Waals surface area contributed by atoms with E-state index in [4.69, 9.17) is 24.7 Å². The highest BCUT2D eigenvalue weighted by atomic mass is 19.3. The van der Waals surface area contributed by atoms with Crippen LogP contribution in [0, 0.1) is 19.3 Å². The molecule has 3 aliphatic carbocycles. The van der Waals surface area contributed by atoms with Gasteiger partial charge in [-0.1, -0.05) is 0 Å². The van der Waals surface area contributed by atoms with Gasteiger partial charge in [0.2, 0.25) is 11.9 Å². The first-order valence-corrected chi connectivity index (χ1v) is 12.6. The summed E-state index contributed by atoms with van der Waals surface area (Å²) in [5, 5.41) is 4.52. The molecule has 1 atom stereocenters. The smallest absolute Gasteiger partial charge is 0.249 e. The summed E-state index contributed by atoms with van der Waals surface area (Å²) in [6, 6.07) is 0.529. The summed E-state index contributed by atoms with van der Waals surface area (Å²) < 4.78 is 35.3. The molecule has 1 spiro atoms. The monoisotopic (exact) mass is 481 g/mol. The van der Waals surface area contributed by atoms with E-state index in [-0.39, 0.29) is 30.3 Å². The van der Waals surface area contributed by atoms with Crippen LogP contribution in [0.2, 0.25) is 0 Å². The van der Waals surface area contributed by atoms with E-state index in [2.05, 4.69) is 16.2 Å². The summed E-state index contributed by atoms with van der Waals surface area (Å²) in [5.74, 6) is -1.78. The first-order valence-electron chi connectivity index (χ1n) is 12.6. The number of nitrogens with zero attached hydrogens (tertiary/aromatic N) is 7. The molecule has 4 heterocycles. The summed E-state index contributed by atoms with van der Waals surface area (Å²) in [7, 11) is 0. The second kappa shape index (κ2) is 7.38. The van der Waals surface area contributed by atoms with Crippen molar-refractivity contribution in [1.29, 1.82) is 0 Å². The summed E-state index contributed by atoms with van der Waals surface area (Å²) >= 11 is 0. The molecule has 0 aromatic carbocycles. The topological polar surface area (TPSA) is 81.9 Å². The minimum Gasteiger partial charge on any atom is -0.370 e. The largest absolute Gasteiger partial charge is 0.370 e. The maximum Gasteiger partial charge on any atom is 0.249 e. The van der Waals surface area contributed by atoms with E-state index in [1.165, 1.54) is 12.8 Å². The first-order chi connectivity index (χ1) is 16.8. The van der Waals surface area contributed by atoms with Gasteiger partial charge in [0.1, 0.15) is 11.6 Å². The summed E-state index contributed by atoms with van der Waals surface area (Å²) in [5.41, 5.74) is 4.66. The molecule has 1 aliphatic heterocycles. The Morgan fingerprint density at radius 3 is 2.54 bits per heavy atom. The Bertz CT molecular complexity index is 1300. The number of ether oxygens (including phenoxy) is 1. The normalized spacial score (nSPS) is 25.6. The van der Waals surface area contributed by atoms with Crippen molar-refractivity contribution in [2.75, 3.05) is 24.6 Å². The Morgan fingerprint density at radius 2 is 1.80 bits per heavy atom. The van der Waals surface area contributed by atoms with E-state index in [1.54, 1.807) is 0 Å². The molecule has 0 amide bonds. The molecule has 0 bridgehead atoms. The van der Waals surface area contributed by atoms with Gasteiger partial charge in [-0.25, -0.2) is 23.7 Å². The lowest BCUT2D eigenvalue weighted by Gasteiger charge is -2.57. The Balaban J connectivity index is 1.19. The quantitative estimate of drug-likeness (QED) is 0.545. The number of aryl methyl sites for hydroxylation is 2. The number of fused-ring (bicyclic) bond motifs is 1. The molecule has 3 aromatic rings. The van der Waals surface area contributed by atoms with Crippen molar-refractivity contribution in [2.24, 2.45) is 5.41 Å². The van der Waals surface area contributed by atoms with Gasteiger partial charge in [0, 0.05) is 37.1 Å². The van der Waals surface area contributed by atoms with Crippen LogP contribution in [-0.4, -0.2) is 55.3 Å². The Kier molecular flexibility index (Phi) is 4.54. The number of halogens is 2. The molecular formula is C25H29F2N7O. The number of hydrogen-bond donors (Lipinski definition) is 0. The van der Waals surface area contributed by atoms with Gasteiger partial charge in [0.25, 0.3) is 0 Å². The Labute approximate surface area is 202 Å². The first kappa shape index (κ1) is 21.5. The van der Waals surface area contributed by atoms with Crippen LogP contribution in [-0.2, 0) is 4.74 Å². The predicted octanol–water partition coefficient (Wildman–Crippen LogP) is 4.44. The van der Waals surface area contributed by atoms with Crippen LogP contribution in [0.15, 0.2) is 12.4 Å². The SMILES string of the molecule is Cc1nc2nc(N3CCOC(c4cnn(C5CC5)c4)C3)nc(C3CC4(C3)CC(F)(F)C4)c2nc1C. The van der Waals surface area contributed by atoms with Crippen LogP contribution in [0.4, 0.5) is 14.7 Å². The van der Waals surface area contributed by atoms with Crippen molar-refractivity contribution >= 4 is 17.1 Å². The zero-order valence-electron chi connectivity index (χ0n) is 20.0. The van der Waals surface area contributed by atoms with Crippen molar-refractivity contribution < 1.29 is 13.5 Å². The van der Waals surface area contributed by atoms with Gasteiger partial charge in [0.15, 0.2) is 5.65 Å². The number of morpholine rings is 1. The Hall–Kier alpha value is -2.75. The van der Waals surface area contributed by atoms with Crippen LogP contribution in [0.5, 0.6) is 0 Å². The van der Waals surface area contributed by atoms with Gasteiger partial charge in [-0.05, 0) is 44.9 Å². The van der Waals surface area contributed by atoms with Crippen molar-refractivity contribution in [3.05, 3.63) is 35.0 Å². The second-order valence-electron chi connectivity index (χ2n) is 11.1. The number of aromatic nitrogens is 6. The highest BCUT2D eigenvalue weighted by Gasteiger charge is 2.62. The molecule has 4 aliphatic rings. The molecule has 8 nitrogen and oxygen atoms in total. The van der Waals surface area contributed by atoms with Gasteiger partial charge >= 0.3 is 0 Å². The Morgan fingerprint density at radius 1 is 1.03 bits per heavy atom. The summed E-state index contributed by atoms with van der Waals surface area (Å²) in [6.45, 7) is 5.73. The lowest BCUT2D eigenvalue weighted by atomic mass is 9.49. The van der Waals surface area contributed by atoms with E-state index >= 15 is 0 Å². The third-order valence-electron chi connectivity index (χ3n) is 8.23. The fourth-order valence-electron chi connectivity index (χ4n) is 6.15. The minimum atomic E-state index is -2.51. The van der Waals surface area contributed by atoms with Crippen molar-refractivity contribution in [2.45, 2.75) is 76.4 Å². The van der Waals surface area contributed by atoms with Crippen LogP contribution >= 0.6 is 0 Å². The highest BCUT2D eigenvalue weighted by molar-refractivity contribution is 5.75. The van der Waals surface area contributed by atoms with Gasteiger partial charge in [-0.3, -0.25) is 4.68 Å². The molecule has 4 fully saturated rings. The van der Waals surface area contributed by atoms with Gasteiger partial charge < -0.3 is 9.64 Å². The van der Waals surface area contributed by atoms with Crippen LogP contribution in [0.3, 0.4) is 0 Å². The zero-order valence-corrected chi connectivity index (χ0v) is 20.0. The van der Waals surface area contributed by atoms with Crippen LogP contribution in [0.1, 0.15) is 79.2 Å². The lowest BCUT2D eigenvalue weighted by Crippen LogP contribution is -2.53. The molecule has 1 unspecified atom stereocenters. The second-order valence-corrected chi connectivity index (χ2v) is 11.1. The third-order valence-corrected chi connectivity index (χ3v) is 8.23. The lowest BCUT2D eigenvalue weighted by molar-refractivity contribution is -0.196. The predicted molar refractivity (Wildman–Crippen MR) is 125 cm³/mol. The molecule has 7 rings (SSSR count). The molecule has 3 saturated carbocycles. The van der Waals surface area contributed by atoms with Crippen LogP contribution < -0.4 is 4.90 Å². The number of rotatable bonds is 4. The molecule has 1 saturated heterocycles. The summed E-state index contributed by atoms with van der Waals surface area (Å²) in [4.78, 5) is 21.5. The van der Waals surface area contributed by atoms with Crippen LogP contribution in [0.25, 0.3) is 11.2 Å². The molecule has 0 N–H and O–H groups in total. The number of hydrogen-bond acceptors (Lipinski definition) is 7. The molecule has 10 heteroatoms. The van der Waals surface area contributed by atoms with E-state index in [1.807, 2.05) is 24.7 Å². The molecule has 184 valence electrons. The summed E-state index contributed by atoms with van der Waals surface area (Å²) in [6.07, 6.45) is 7.72. The van der Waals surface area contributed by atoms with E-state index in [0.29, 0.717) is 42.9 Å². The molecular weight excluding hydrogens is 452 g/mol. The number of anilines is 1. The maximum atomic E-state index is 13.6. The fourth-order valence-corrected chi connectivity index (χ4v) is 6.15. The van der Waals surface area contributed by atoms with E-state index in [0.717, 1.165) is 35.5 Å². The molecule has 35 heavy (non-hydrogen) atoms. The molecule has 0 radical (unpaired) electrons. The maximum absolute atomic E-state index is 13.6. The highest BCUT2D eigenvalue weighted by Crippen LogP contribution is 2.67. The van der Waals surface area contributed by atoms with E-state index < -0.39 is 5.92 Å². The zero-order chi connectivity index (χ0) is 23.9. The van der Waals surface area contributed by atoms with Crippen molar-refractivity contribution in [3.63, 3.8) is 0 Å². The van der Waals surface area contributed by atoms with Crippen molar-refractivity contribution in [3.8, 4) is 0 Å². The van der Waals surface area contributed by atoms with Gasteiger partial charge in [0.05, 0.1) is 42.5 Å². The van der Waals surface area contributed by atoms with Gasteiger partial charge in [-0.2, -0.15) is 10.1 Å². The molecule has 3 aromatic heterocycles. The van der Waals surface area contributed by atoms with Gasteiger partial charge in [-0.15, -0.1) is 0 Å². The average molecular weight is 482 g/mol. The average Bonchev–Trinajstić information content (AvgIpc) is 3.52. The minimum absolute atomic E-state index is 0.00410. The standard InChI is InChI=1S/C25H29F2N7O/c1-14-15(2)30-22-21(29-14)20(16-7-24(8-16)12-25(26,27)13-24)31-23(32-22)33-5-6-35-19(11-33)17-9-28-34(10-17)18-3-4-18/h9-10,16,18-19H,3-8,11-13H2,1-2H3. The number of alkyl halides is 2.